The second kappa shape index (κ2) is 4.37. The molecule has 0 aliphatic carbocycles. The van der Waals surface area contributed by atoms with Crippen molar-refractivity contribution >= 4 is 15.8 Å². The van der Waals surface area contributed by atoms with Crippen LogP contribution in [-0.2, 0) is 9.84 Å². The van der Waals surface area contributed by atoms with Gasteiger partial charge in [0.25, 0.3) is 0 Å². The molecule has 1 N–H and O–H groups in total. The van der Waals surface area contributed by atoms with Gasteiger partial charge < -0.3 is 5.32 Å². The number of nitrogens with one attached hydrogen (secondary N) is 1. The number of sulfone groups is 1. The molecule has 1 fully saturated rings. The van der Waals surface area contributed by atoms with Gasteiger partial charge in [0.1, 0.15) is 9.84 Å². The number of anilines is 1. The van der Waals surface area contributed by atoms with Crippen molar-refractivity contribution in [2.24, 2.45) is 0 Å². The molecular weight excluding hydrogens is 226 g/mol. The van der Waals surface area contributed by atoms with Gasteiger partial charge in [-0.3, -0.25) is 0 Å². The van der Waals surface area contributed by atoms with Gasteiger partial charge in [0.05, 0.1) is 11.5 Å². The van der Waals surface area contributed by atoms with Gasteiger partial charge in [-0.1, -0.05) is 0 Å². The summed E-state index contributed by atoms with van der Waals surface area (Å²) in [5.41, 5.74) is 0.904. The van der Waals surface area contributed by atoms with E-state index in [9.17, 15) is 8.42 Å². The molecule has 0 bridgehead atoms. The van der Waals surface area contributed by atoms with Crippen LogP contribution >= 0.6 is 0 Å². The molecule has 0 saturated carbocycles. The first kappa shape index (κ1) is 11.3. The van der Waals surface area contributed by atoms with Crippen LogP contribution in [0.5, 0.6) is 0 Å². The number of aromatic nitrogens is 2. The topological polar surface area (TPSA) is 72.0 Å². The van der Waals surface area contributed by atoms with Gasteiger partial charge in [0, 0.05) is 17.9 Å². The molecule has 0 spiro atoms. The fourth-order valence-corrected chi connectivity index (χ4v) is 3.23. The third-order valence-electron chi connectivity index (χ3n) is 2.68. The van der Waals surface area contributed by atoms with E-state index >= 15 is 0 Å². The first-order chi connectivity index (χ1) is 7.55. The van der Waals surface area contributed by atoms with Crippen LogP contribution in [0.3, 0.4) is 0 Å². The zero-order valence-electron chi connectivity index (χ0n) is 9.18. The van der Waals surface area contributed by atoms with Crippen LogP contribution in [0.15, 0.2) is 12.3 Å². The molecule has 16 heavy (non-hydrogen) atoms. The van der Waals surface area contributed by atoms with E-state index in [2.05, 4.69) is 15.3 Å². The van der Waals surface area contributed by atoms with Crippen molar-refractivity contribution in [2.75, 3.05) is 16.8 Å². The molecule has 2 heterocycles. The minimum atomic E-state index is -2.80. The predicted octanol–water partition coefficient (Wildman–Crippen LogP) is 0.774. The van der Waals surface area contributed by atoms with E-state index in [1.54, 1.807) is 6.20 Å². The van der Waals surface area contributed by atoms with E-state index < -0.39 is 9.84 Å². The minimum absolute atomic E-state index is 0.172. The lowest BCUT2D eigenvalue weighted by molar-refractivity contribution is 0.558. The van der Waals surface area contributed by atoms with E-state index in [0.717, 1.165) is 5.69 Å². The summed E-state index contributed by atoms with van der Waals surface area (Å²) >= 11 is 0. The zero-order chi connectivity index (χ0) is 11.6. The number of hydrogen-bond acceptors (Lipinski definition) is 5. The molecule has 1 aromatic heterocycles. The Morgan fingerprint density at radius 1 is 1.38 bits per heavy atom. The first-order valence-corrected chi connectivity index (χ1v) is 7.14. The molecule has 0 unspecified atom stereocenters. The van der Waals surface area contributed by atoms with Crippen LogP contribution in [0.25, 0.3) is 0 Å². The number of rotatable bonds is 2. The Labute approximate surface area is 95.2 Å². The van der Waals surface area contributed by atoms with Gasteiger partial charge in [-0.15, -0.1) is 0 Å². The van der Waals surface area contributed by atoms with E-state index in [1.165, 1.54) is 0 Å². The smallest absolute Gasteiger partial charge is 0.223 e. The van der Waals surface area contributed by atoms with E-state index in [0.29, 0.717) is 18.8 Å². The van der Waals surface area contributed by atoms with Crippen LogP contribution in [0, 0.1) is 6.92 Å². The molecular formula is C10H15N3O2S. The molecule has 88 valence electrons. The molecule has 6 heteroatoms. The molecule has 0 atom stereocenters. The fourth-order valence-electron chi connectivity index (χ4n) is 1.74. The summed E-state index contributed by atoms with van der Waals surface area (Å²) < 4.78 is 22.5. The fraction of sp³-hybridized carbons (Fsp3) is 0.600. The van der Waals surface area contributed by atoms with E-state index in [4.69, 9.17) is 0 Å². The van der Waals surface area contributed by atoms with Crippen molar-refractivity contribution in [1.29, 1.82) is 0 Å². The lowest BCUT2D eigenvalue weighted by Gasteiger charge is -2.22. The number of hydrogen-bond donors (Lipinski definition) is 1. The van der Waals surface area contributed by atoms with Gasteiger partial charge in [0.2, 0.25) is 5.95 Å². The van der Waals surface area contributed by atoms with Crippen LogP contribution in [0.4, 0.5) is 5.95 Å². The van der Waals surface area contributed by atoms with Gasteiger partial charge >= 0.3 is 0 Å². The number of nitrogens with zero attached hydrogens (tertiary/aromatic N) is 2. The summed E-state index contributed by atoms with van der Waals surface area (Å²) in [6, 6.07) is 2.00. The molecule has 1 aromatic rings. The molecule has 1 aliphatic rings. The summed E-state index contributed by atoms with van der Waals surface area (Å²) in [6.07, 6.45) is 2.98. The Morgan fingerprint density at radius 3 is 2.69 bits per heavy atom. The van der Waals surface area contributed by atoms with Crippen LogP contribution < -0.4 is 5.32 Å². The third-order valence-corrected chi connectivity index (χ3v) is 4.40. The van der Waals surface area contributed by atoms with E-state index in [1.807, 2.05) is 13.0 Å². The highest BCUT2D eigenvalue weighted by atomic mass is 32.2. The number of aryl methyl sites for hydroxylation is 1. The van der Waals surface area contributed by atoms with Crippen molar-refractivity contribution in [3.8, 4) is 0 Å². The van der Waals surface area contributed by atoms with Gasteiger partial charge in [-0.25, -0.2) is 18.4 Å². The van der Waals surface area contributed by atoms with Crippen LogP contribution in [0.1, 0.15) is 18.5 Å². The van der Waals surface area contributed by atoms with Crippen molar-refractivity contribution in [3.63, 3.8) is 0 Å². The SMILES string of the molecule is Cc1ccnc(NC2CCS(=O)(=O)CC2)n1. The summed E-state index contributed by atoms with van der Waals surface area (Å²) in [7, 11) is -2.80. The second-order valence-electron chi connectivity index (χ2n) is 4.09. The summed E-state index contributed by atoms with van der Waals surface area (Å²) in [6.45, 7) is 1.90. The average Bonchev–Trinajstić information content (AvgIpc) is 2.21. The normalized spacial score (nSPS) is 20.6. The Morgan fingerprint density at radius 2 is 2.06 bits per heavy atom. The Kier molecular flexibility index (Phi) is 3.09. The Balaban J connectivity index is 1.97. The lowest BCUT2D eigenvalue weighted by atomic mass is 10.2. The highest BCUT2D eigenvalue weighted by Gasteiger charge is 2.23. The molecule has 5 nitrogen and oxygen atoms in total. The molecule has 2 rings (SSSR count). The third kappa shape index (κ3) is 2.91. The predicted molar refractivity (Wildman–Crippen MR) is 62.1 cm³/mol. The molecule has 0 radical (unpaired) electrons. The zero-order valence-corrected chi connectivity index (χ0v) is 10.00. The standard InChI is InChI=1S/C10H15N3O2S/c1-8-2-5-11-10(12-8)13-9-3-6-16(14,15)7-4-9/h2,5,9H,3-4,6-7H2,1H3,(H,11,12,13). The van der Waals surface area contributed by atoms with Gasteiger partial charge in [0.15, 0.2) is 0 Å². The Bertz CT molecular complexity index is 459. The minimum Gasteiger partial charge on any atom is -0.351 e. The maximum atomic E-state index is 11.2. The first-order valence-electron chi connectivity index (χ1n) is 5.32. The van der Waals surface area contributed by atoms with Crippen molar-refractivity contribution < 1.29 is 8.42 Å². The molecule has 1 aliphatic heterocycles. The quantitative estimate of drug-likeness (QED) is 0.828. The highest BCUT2D eigenvalue weighted by molar-refractivity contribution is 7.91. The van der Waals surface area contributed by atoms with Crippen LogP contribution in [-0.4, -0.2) is 35.9 Å². The maximum Gasteiger partial charge on any atom is 0.223 e. The summed E-state index contributed by atoms with van der Waals surface area (Å²) in [4.78, 5) is 8.33. The average molecular weight is 241 g/mol. The van der Waals surface area contributed by atoms with Crippen LogP contribution in [0.2, 0.25) is 0 Å². The van der Waals surface area contributed by atoms with Gasteiger partial charge in [-0.05, 0) is 25.8 Å². The monoisotopic (exact) mass is 241 g/mol. The maximum absolute atomic E-state index is 11.2. The summed E-state index contributed by atoms with van der Waals surface area (Å²) in [5.74, 6) is 1.11. The second-order valence-corrected chi connectivity index (χ2v) is 6.40. The van der Waals surface area contributed by atoms with Crippen molar-refractivity contribution in [2.45, 2.75) is 25.8 Å². The van der Waals surface area contributed by atoms with Crippen molar-refractivity contribution in [3.05, 3.63) is 18.0 Å². The summed E-state index contributed by atoms with van der Waals surface area (Å²) in [5, 5.41) is 3.17. The van der Waals surface area contributed by atoms with E-state index in [-0.39, 0.29) is 17.5 Å². The lowest BCUT2D eigenvalue weighted by Crippen LogP contribution is -2.32. The molecule has 0 amide bonds. The molecule has 0 aromatic carbocycles. The Hall–Kier alpha value is -1.17. The largest absolute Gasteiger partial charge is 0.351 e. The highest BCUT2D eigenvalue weighted by Crippen LogP contribution is 2.15. The van der Waals surface area contributed by atoms with Crippen molar-refractivity contribution in [1.82, 2.24) is 9.97 Å². The van der Waals surface area contributed by atoms with Gasteiger partial charge in [-0.2, -0.15) is 0 Å². The molecule has 1 saturated heterocycles.